The van der Waals surface area contributed by atoms with Crippen molar-refractivity contribution in [1.82, 2.24) is 14.7 Å². The first-order valence-corrected chi connectivity index (χ1v) is 10.7. The van der Waals surface area contributed by atoms with Crippen LogP contribution in [0.1, 0.15) is 65.7 Å². The highest BCUT2D eigenvalue weighted by Gasteiger charge is 2.36. The molecule has 0 aromatic carbocycles. The Morgan fingerprint density at radius 1 is 0.846 bits per heavy atom. The largest absolute Gasteiger partial charge is 0.339 e. The Bertz CT molecular complexity index is 500. The summed E-state index contributed by atoms with van der Waals surface area (Å²) >= 11 is 0. The molecule has 26 heavy (non-hydrogen) atoms. The van der Waals surface area contributed by atoms with Crippen LogP contribution in [0.3, 0.4) is 0 Å². The molecule has 2 amide bonds. The molecule has 0 spiro atoms. The molecule has 0 bridgehead atoms. The monoisotopic (exact) mass is 363 g/mol. The van der Waals surface area contributed by atoms with Crippen LogP contribution in [0.5, 0.6) is 0 Å². The van der Waals surface area contributed by atoms with Crippen molar-refractivity contribution in [3.63, 3.8) is 0 Å². The van der Waals surface area contributed by atoms with E-state index in [-0.39, 0.29) is 11.5 Å². The molecule has 2 saturated heterocycles. The van der Waals surface area contributed by atoms with Crippen LogP contribution >= 0.6 is 0 Å². The second-order valence-corrected chi connectivity index (χ2v) is 9.52. The fourth-order valence-electron chi connectivity index (χ4n) is 4.77. The Hall–Kier alpha value is -1.10. The van der Waals surface area contributed by atoms with Gasteiger partial charge in [-0.1, -0.05) is 19.3 Å². The van der Waals surface area contributed by atoms with Gasteiger partial charge < -0.3 is 9.80 Å². The maximum absolute atomic E-state index is 12.9. The maximum atomic E-state index is 12.9. The lowest BCUT2D eigenvalue weighted by Gasteiger charge is -2.37. The third kappa shape index (κ3) is 4.79. The summed E-state index contributed by atoms with van der Waals surface area (Å²) in [4.78, 5) is 31.8. The molecular weight excluding hydrogens is 326 g/mol. The molecule has 5 nitrogen and oxygen atoms in total. The average molecular weight is 364 g/mol. The van der Waals surface area contributed by atoms with E-state index >= 15 is 0 Å². The Morgan fingerprint density at radius 2 is 1.46 bits per heavy atom. The van der Waals surface area contributed by atoms with Gasteiger partial charge in [0.05, 0.1) is 5.92 Å². The van der Waals surface area contributed by atoms with E-state index in [2.05, 4.69) is 25.7 Å². The Morgan fingerprint density at radius 3 is 2.04 bits per heavy atom. The van der Waals surface area contributed by atoms with Crippen molar-refractivity contribution in [2.75, 3.05) is 39.3 Å². The van der Waals surface area contributed by atoms with E-state index in [0.717, 1.165) is 25.9 Å². The topological polar surface area (TPSA) is 43.9 Å². The van der Waals surface area contributed by atoms with Crippen molar-refractivity contribution < 1.29 is 9.59 Å². The number of piperazine rings is 1. The van der Waals surface area contributed by atoms with Crippen LogP contribution in [-0.2, 0) is 9.59 Å². The molecule has 1 unspecified atom stereocenters. The van der Waals surface area contributed by atoms with Crippen molar-refractivity contribution in [2.45, 2.75) is 71.3 Å². The fourth-order valence-corrected chi connectivity index (χ4v) is 4.77. The van der Waals surface area contributed by atoms with E-state index in [0.29, 0.717) is 43.9 Å². The highest BCUT2D eigenvalue weighted by Crippen LogP contribution is 2.28. The number of hydrogen-bond donors (Lipinski definition) is 0. The molecule has 1 atom stereocenters. The van der Waals surface area contributed by atoms with Gasteiger partial charge in [0, 0.05) is 44.7 Å². The molecular formula is C21H37N3O2. The third-order valence-corrected chi connectivity index (χ3v) is 6.62. The van der Waals surface area contributed by atoms with Gasteiger partial charge in [0.25, 0.3) is 0 Å². The van der Waals surface area contributed by atoms with E-state index in [4.69, 9.17) is 0 Å². The Labute approximate surface area is 159 Å². The Kier molecular flexibility index (Phi) is 6.26. The van der Waals surface area contributed by atoms with Crippen molar-refractivity contribution in [1.29, 1.82) is 0 Å². The van der Waals surface area contributed by atoms with Gasteiger partial charge >= 0.3 is 0 Å². The molecule has 3 fully saturated rings. The number of hydrogen-bond acceptors (Lipinski definition) is 3. The predicted octanol–water partition coefficient (Wildman–Crippen LogP) is 2.75. The Balaban J connectivity index is 1.43. The standard InChI is InChI=1S/C21H37N3O2/c1-21(2,3)24-10-9-18(16-24)20(26)23-13-11-22(12-14-23)19(25)15-17-7-5-4-6-8-17/h17-18H,4-16H2,1-3H3. The van der Waals surface area contributed by atoms with Gasteiger partial charge in [0.15, 0.2) is 0 Å². The zero-order valence-electron chi connectivity index (χ0n) is 17.0. The van der Waals surface area contributed by atoms with Crippen LogP contribution < -0.4 is 0 Å². The number of nitrogens with zero attached hydrogens (tertiary/aromatic N) is 3. The second-order valence-electron chi connectivity index (χ2n) is 9.52. The highest BCUT2D eigenvalue weighted by atomic mass is 16.2. The summed E-state index contributed by atoms with van der Waals surface area (Å²) < 4.78 is 0. The van der Waals surface area contributed by atoms with Gasteiger partial charge in [-0.25, -0.2) is 0 Å². The molecule has 0 radical (unpaired) electrons. The summed E-state index contributed by atoms with van der Waals surface area (Å²) in [5.41, 5.74) is 0.138. The maximum Gasteiger partial charge on any atom is 0.227 e. The van der Waals surface area contributed by atoms with Gasteiger partial charge in [-0.2, -0.15) is 0 Å². The molecule has 2 aliphatic heterocycles. The predicted molar refractivity (Wildman–Crippen MR) is 104 cm³/mol. The molecule has 0 N–H and O–H groups in total. The van der Waals surface area contributed by atoms with Crippen LogP contribution in [0, 0.1) is 11.8 Å². The summed E-state index contributed by atoms with van der Waals surface area (Å²) in [5.74, 6) is 1.34. The molecule has 0 aromatic heterocycles. The highest BCUT2D eigenvalue weighted by molar-refractivity contribution is 5.80. The molecule has 5 heteroatoms. The van der Waals surface area contributed by atoms with Crippen LogP contribution in [0.4, 0.5) is 0 Å². The summed E-state index contributed by atoms with van der Waals surface area (Å²) in [7, 11) is 0. The van der Waals surface area contributed by atoms with Gasteiger partial charge in [-0.3, -0.25) is 14.5 Å². The number of carbonyl (C=O) groups is 2. The van der Waals surface area contributed by atoms with Gasteiger partial charge in [0.2, 0.25) is 11.8 Å². The second kappa shape index (κ2) is 8.28. The summed E-state index contributed by atoms with van der Waals surface area (Å²) in [6.45, 7) is 11.4. The number of rotatable bonds is 3. The quantitative estimate of drug-likeness (QED) is 0.774. The lowest BCUT2D eigenvalue weighted by molar-refractivity contribution is -0.142. The van der Waals surface area contributed by atoms with Crippen LogP contribution in [0.25, 0.3) is 0 Å². The molecule has 148 valence electrons. The third-order valence-electron chi connectivity index (χ3n) is 6.62. The van der Waals surface area contributed by atoms with E-state index in [1.165, 1.54) is 32.1 Å². The van der Waals surface area contributed by atoms with Gasteiger partial charge in [-0.05, 0) is 52.5 Å². The number of likely N-dealkylation sites (tertiary alicyclic amines) is 1. The first kappa shape index (κ1) is 19.7. The van der Waals surface area contributed by atoms with Gasteiger partial charge in [0.1, 0.15) is 0 Å². The lowest BCUT2D eigenvalue weighted by atomic mass is 9.86. The molecule has 1 aliphatic carbocycles. The number of amides is 2. The van der Waals surface area contributed by atoms with Crippen molar-refractivity contribution in [2.24, 2.45) is 11.8 Å². The minimum Gasteiger partial charge on any atom is -0.339 e. The molecule has 0 aromatic rings. The normalized spacial score (nSPS) is 26.3. The van der Waals surface area contributed by atoms with E-state index in [1.54, 1.807) is 0 Å². The summed E-state index contributed by atoms with van der Waals surface area (Å²) in [6, 6.07) is 0. The molecule has 3 aliphatic rings. The van der Waals surface area contributed by atoms with E-state index < -0.39 is 0 Å². The molecule has 3 rings (SSSR count). The first-order chi connectivity index (χ1) is 12.3. The minimum atomic E-state index is 0.138. The SMILES string of the molecule is CC(C)(C)N1CCC(C(=O)N2CCN(C(=O)CC3CCCCC3)CC2)C1. The van der Waals surface area contributed by atoms with Crippen LogP contribution in [0.2, 0.25) is 0 Å². The van der Waals surface area contributed by atoms with Crippen LogP contribution in [0.15, 0.2) is 0 Å². The average Bonchev–Trinajstić information content (AvgIpc) is 3.12. The zero-order valence-corrected chi connectivity index (χ0v) is 17.0. The number of carbonyl (C=O) groups excluding carboxylic acids is 2. The van der Waals surface area contributed by atoms with E-state index in [1.807, 2.05) is 9.80 Å². The summed E-state index contributed by atoms with van der Waals surface area (Å²) in [5, 5.41) is 0. The fraction of sp³-hybridized carbons (Fsp3) is 0.905. The minimum absolute atomic E-state index is 0.138. The van der Waals surface area contributed by atoms with Crippen molar-refractivity contribution in [3.05, 3.63) is 0 Å². The van der Waals surface area contributed by atoms with Crippen LogP contribution in [-0.4, -0.2) is 71.3 Å². The molecule has 1 saturated carbocycles. The zero-order chi connectivity index (χ0) is 18.7. The smallest absolute Gasteiger partial charge is 0.227 e. The summed E-state index contributed by atoms with van der Waals surface area (Å²) in [6.07, 6.45) is 8.03. The van der Waals surface area contributed by atoms with Crippen molar-refractivity contribution in [3.8, 4) is 0 Å². The van der Waals surface area contributed by atoms with Gasteiger partial charge in [-0.15, -0.1) is 0 Å². The van der Waals surface area contributed by atoms with E-state index in [9.17, 15) is 9.59 Å². The first-order valence-electron chi connectivity index (χ1n) is 10.7. The lowest BCUT2D eigenvalue weighted by Crippen LogP contribution is -2.52. The van der Waals surface area contributed by atoms with Crippen molar-refractivity contribution >= 4 is 11.8 Å². The molecule has 2 heterocycles.